The molecule has 0 fully saturated rings. The highest BCUT2D eigenvalue weighted by atomic mass is 19.1. The Bertz CT molecular complexity index is 505. The number of primary amides is 1. The lowest BCUT2D eigenvalue weighted by Crippen LogP contribution is -2.21. The van der Waals surface area contributed by atoms with Crippen LogP contribution in [0.15, 0.2) is 0 Å². The molecule has 0 spiro atoms. The molecule has 0 aromatic carbocycles. The molecule has 0 unspecified atom stereocenters. The number of carbonyl (C=O) groups is 2. The number of halogens is 1. The van der Waals surface area contributed by atoms with E-state index in [2.05, 4.69) is 9.84 Å². The Kier molecular flexibility index (Phi) is 6.56. The third-order valence-electron chi connectivity index (χ3n) is 2.55. The molecule has 4 N–H and O–H groups in total. The number of hydrogen-bond donors (Lipinski definition) is 3. The molecule has 0 saturated heterocycles. The molecule has 10 heteroatoms. The Labute approximate surface area is 119 Å². The fourth-order valence-corrected chi connectivity index (χ4v) is 1.63. The number of carbonyl (C=O) groups excluding carboxylic acids is 2. The second kappa shape index (κ2) is 8.17. The van der Waals surface area contributed by atoms with E-state index in [0.717, 1.165) is 11.8 Å². The van der Waals surface area contributed by atoms with E-state index in [4.69, 9.17) is 15.7 Å². The van der Waals surface area contributed by atoms with Crippen LogP contribution in [-0.2, 0) is 16.0 Å². The predicted octanol–water partition coefficient (Wildman–Crippen LogP) is -0.0541. The van der Waals surface area contributed by atoms with Crippen LogP contribution in [-0.4, -0.2) is 53.9 Å². The maximum atomic E-state index is 11.9. The minimum atomic E-state index is -0.891. The van der Waals surface area contributed by atoms with Gasteiger partial charge in [-0.1, -0.05) is 0 Å². The van der Waals surface area contributed by atoms with Crippen LogP contribution < -0.4 is 11.2 Å². The molecule has 1 amide bonds. The Balaban J connectivity index is 2.93. The lowest BCUT2D eigenvalue weighted by atomic mass is 10.3. The first-order valence-electron chi connectivity index (χ1n) is 6.09. The third-order valence-corrected chi connectivity index (χ3v) is 2.55. The molecule has 0 aliphatic heterocycles. The van der Waals surface area contributed by atoms with E-state index in [1.807, 2.05) is 0 Å². The van der Waals surface area contributed by atoms with Crippen molar-refractivity contribution in [3.05, 3.63) is 11.4 Å². The van der Waals surface area contributed by atoms with Gasteiger partial charge in [-0.05, 0) is 6.42 Å². The molecule has 0 saturated carbocycles. The summed E-state index contributed by atoms with van der Waals surface area (Å²) in [5.41, 5.74) is 6.22. The summed E-state index contributed by atoms with van der Waals surface area (Å²) in [4.78, 5) is 23.0. The second-order valence-electron chi connectivity index (χ2n) is 3.92. The van der Waals surface area contributed by atoms with Crippen LogP contribution in [0.3, 0.4) is 0 Å². The molecule has 0 aliphatic rings. The van der Waals surface area contributed by atoms with E-state index in [9.17, 15) is 14.0 Å². The second-order valence-corrected chi connectivity index (χ2v) is 3.92. The topological polar surface area (TPSA) is 129 Å². The Hall–Kier alpha value is -2.20. The highest BCUT2D eigenvalue weighted by Crippen LogP contribution is 2.21. The summed E-state index contributed by atoms with van der Waals surface area (Å²) in [6.45, 7) is -0.0400. The average molecular weight is 304 g/mol. The van der Waals surface area contributed by atoms with Crippen molar-refractivity contribution >= 4 is 17.6 Å². The summed E-state index contributed by atoms with van der Waals surface area (Å²) in [6, 6.07) is 0. The number of nitrogens with one attached hydrogen (secondary N) is 1. The van der Waals surface area contributed by atoms with Gasteiger partial charge in [0.15, 0.2) is 11.4 Å². The number of rotatable bonds is 9. The molecule has 0 aliphatic carbocycles. The lowest BCUT2D eigenvalue weighted by Gasteiger charge is -2.06. The number of alkyl halides is 1. The number of esters is 1. The number of ether oxygens (including phenoxy) is 2. The molecular weight excluding hydrogens is 287 g/mol. The number of anilines is 1. The minimum absolute atomic E-state index is 0.0935. The Morgan fingerprint density at radius 3 is 2.71 bits per heavy atom. The van der Waals surface area contributed by atoms with E-state index in [1.165, 1.54) is 0 Å². The summed E-state index contributed by atoms with van der Waals surface area (Å²) < 4.78 is 22.6. The number of amides is 1. The van der Waals surface area contributed by atoms with Crippen molar-refractivity contribution in [2.24, 2.45) is 5.73 Å². The van der Waals surface area contributed by atoms with Gasteiger partial charge in [0.1, 0.15) is 5.69 Å². The van der Waals surface area contributed by atoms with Crippen LogP contribution in [0.4, 0.5) is 10.1 Å². The first-order valence-corrected chi connectivity index (χ1v) is 6.09. The van der Waals surface area contributed by atoms with Crippen molar-refractivity contribution in [1.82, 2.24) is 9.78 Å². The number of hydrogen-bond acceptors (Lipinski definition) is 7. The van der Waals surface area contributed by atoms with Crippen molar-refractivity contribution < 1.29 is 28.7 Å². The average Bonchev–Trinajstić information content (AvgIpc) is 2.84. The van der Waals surface area contributed by atoms with Crippen LogP contribution in [0.25, 0.3) is 0 Å². The van der Waals surface area contributed by atoms with Gasteiger partial charge < -0.3 is 15.2 Å². The molecule has 0 radical (unpaired) electrons. The molecule has 118 valence electrons. The Morgan fingerprint density at radius 2 is 2.19 bits per heavy atom. The first-order chi connectivity index (χ1) is 10.1. The molecule has 1 aromatic rings. The zero-order valence-corrected chi connectivity index (χ0v) is 11.5. The van der Waals surface area contributed by atoms with Gasteiger partial charge in [0, 0.05) is 6.61 Å². The summed E-state index contributed by atoms with van der Waals surface area (Å²) in [5.74, 6) is -1.73. The smallest absolute Gasteiger partial charge is 0.360 e. The van der Waals surface area contributed by atoms with Crippen LogP contribution in [0, 0.1) is 0 Å². The third kappa shape index (κ3) is 4.13. The van der Waals surface area contributed by atoms with Gasteiger partial charge in [0.05, 0.1) is 26.9 Å². The number of aromatic nitrogens is 2. The highest BCUT2D eigenvalue weighted by Gasteiger charge is 2.26. The minimum Gasteiger partial charge on any atom is -0.464 e. The maximum absolute atomic E-state index is 11.9. The van der Waals surface area contributed by atoms with Gasteiger partial charge >= 0.3 is 5.97 Å². The SMILES string of the molecule is COC(=O)c1nn(CCOCCCF)c(C(N)=O)c1NO. The molecular formula is C11H17FN4O5. The van der Waals surface area contributed by atoms with Gasteiger partial charge in [-0.3, -0.25) is 24.6 Å². The van der Waals surface area contributed by atoms with Crippen molar-refractivity contribution in [2.75, 3.05) is 32.5 Å². The van der Waals surface area contributed by atoms with Crippen LogP contribution >= 0.6 is 0 Å². The van der Waals surface area contributed by atoms with Gasteiger partial charge in [0.2, 0.25) is 0 Å². The van der Waals surface area contributed by atoms with E-state index in [-0.39, 0.29) is 43.3 Å². The molecule has 0 bridgehead atoms. The zero-order chi connectivity index (χ0) is 15.8. The predicted molar refractivity (Wildman–Crippen MR) is 68.9 cm³/mol. The molecule has 21 heavy (non-hydrogen) atoms. The number of nitrogens with zero attached hydrogens (tertiary/aromatic N) is 2. The fourth-order valence-electron chi connectivity index (χ4n) is 1.63. The summed E-state index contributed by atoms with van der Waals surface area (Å²) in [6.07, 6.45) is 0.263. The molecule has 1 heterocycles. The van der Waals surface area contributed by atoms with Crippen molar-refractivity contribution in [2.45, 2.75) is 13.0 Å². The van der Waals surface area contributed by atoms with E-state index >= 15 is 0 Å². The Morgan fingerprint density at radius 1 is 1.48 bits per heavy atom. The van der Waals surface area contributed by atoms with Crippen molar-refractivity contribution in [3.63, 3.8) is 0 Å². The monoisotopic (exact) mass is 304 g/mol. The summed E-state index contributed by atoms with van der Waals surface area (Å²) >= 11 is 0. The van der Waals surface area contributed by atoms with Gasteiger partial charge in [-0.15, -0.1) is 0 Å². The highest BCUT2D eigenvalue weighted by molar-refractivity contribution is 6.03. The molecule has 0 atom stereocenters. The van der Waals surface area contributed by atoms with Crippen LogP contribution in [0.5, 0.6) is 0 Å². The zero-order valence-electron chi connectivity index (χ0n) is 11.5. The first kappa shape index (κ1) is 16.9. The molecule has 1 rings (SSSR count). The summed E-state index contributed by atoms with van der Waals surface area (Å²) in [7, 11) is 1.13. The number of nitrogens with two attached hydrogens (primary N) is 1. The van der Waals surface area contributed by atoms with Crippen molar-refractivity contribution in [1.29, 1.82) is 0 Å². The lowest BCUT2D eigenvalue weighted by molar-refractivity contribution is 0.0592. The van der Waals surface area contributed by atoms with E-state index < -0.39 is 18.6 Å². The van der Waals surface area contributed by atoms with Gasteiger partial charge in [-0.25, -0.2) is 4.79 Å². The number of methoxy groups -OCH3 is 1. The quantitative estimate of drug-likeness (QED) is 0.331. The summed E-state index contributed by atoms with van der Waals surface area (Å²) in [5, 5.41) is 12.9. The van der Waals surface area contributed by atoms with E-state index in [1.54, 1.807) is 5.48 Å². The molecule has 9 nitrogen and oxygen atoms in total. The van der Waals surface area contributed by atoms with E-state index in [0.29, 0.717) is 0 Å². The van der Waals surface area contributed by atoms with Crippen LogP contribution in [0.1, 0.15) is 27.4 Å². The molecule has 1 aromatic heterocycles. The van der Waals surface area contributed by atoms with Crippen molar-refractivity contribution in [3.8, 4) is 0 Å². The standard InChI is InChI=1S/C11H17FN4O5/c1-20-11(18)8-7(15-19)9(10(13)17)16(14-8)4-6-21-5-2-3-12/h15,19H,2-6H2,1H3,(H2,13,17). The van der Waals surface area contributed by atoms with Gasteiger partial charge in [-0.2, -0.15) is 5.10 Å². The van der Waals surface area contributed by atoms with Crippen LogP contribution in [0.2, 0.25) is 0 Å². The normalized spacial score (nSPS) is 10.4. The largest absolute Gasteiger partial charge is 0.464 e. The maximum Gasteiger partial charge on any atom is 0.360 e. The fraction of sp³-hybridized carbons (Fsp3) is 0.545. The van der Waals surface area contributed by atoms with Gasteiger partial charge in [0.25, 0.3) is 5.91 Å².